The zero-order valence-electron chi connectivity index (χ0n) is 24.2. The molecule has 0 unspecified atom stereocenters. The zero-order chi connectivity index (χ0) is 25.0. The molecule has 0 aromatic rings. The monoisotopic (exact) mass is 533 g/mol. The van der Waals surface area contributed by atoms with Gasteiger partial charge in [0.2, 0.25) is 0 Å². The molecule has 6 heteroatoms. The first-order valence-electron chi connectivity index (χ1n) is 13.9. The van der Waals surface area contributed by atoms with Crippen LogP contribution in [0.4, 0.5) is 0 Å². The van der Waals surface area contributed by atoms with Crippen LogP contribution in [0.25, 0.3) is 0 Å². The Morgan fingerprint density at radius 3 is 0.838 bits per heavy atom. The SMILES string of the molecule is C.C.C.C.CC(C)N1CCN(C(C)C)CC1.CC(C)N1CCN(C)CC1.CCN1CCN(C(C)C)CC1. The molecule has 0 aliphatic carbocycles. The highest BCUT2D eigenvalue weighted by Gasteiger charge is 2.20. The van der Waals surface area contributed by atoms with Crippen LogP contribution in [-0.4, -0.2) is 146 Å². The van der Waals surface area contributed by atoms with E-state index in [9.17, 15) is 0 Å². The highest BCUT2D eigenvalue weighted by atomic mass is 15.3. The van der Waals surface area contributed by atoms with Crippen LogP contribution in [0, 0.1) is 0 Å². The third kappa shape index (κ3) is 17.9. The second-order valence-corrected chi connectivity index (χ2v) is 11.3. The van der Waals surface area contributed by atoms with Crippen molar-refractivity contribution in [1.29, 1.82) is 0 Å². The van der Waals surface area contributed by atoms with Gasteiger partial charge >= 0.3 is 0 Å². The Kier molecular flexibility index (Phi) is 28.0. The fourth-order valence-corrected chi connectivity index (χ4v) is 4.70. The van der Waals surface area contributed by atoms with Crippen molar-refractivity contribution in [2.24, 2.45) is 0 Å². The quantitative estimate of drug-likeness (QED) is 0.453. The Labute approximate surface area is 237 Å². The van der Waals surface area contributed by atoms with Gasteiger partial charge in [-0.1, -0.05) is 36.6 Å². The summed E-state index contributed by atoms with van der Waals surface area (Å²) in [4.78, 5) is 15.1. The number of likely N-dealkylation sites (N-methyl/N-ethyl adjacent to an activating group) is 2. The number of nitrogens with zero attached hydrogens (tertiary/aromatic N) is 6. The molecule has 37 heavy (non-hydrogen) atoms. The number of hydrogen-bond acceptors (Lipinski definition) is 6. The van der Waals surface area contributed by atoms with Gasteiger partial charge in [-0.2, -0.15) is 0 Å². The van der Waals surface area contributed by atoms with E-state index >= 15 is 0 Å². The Morgan fingerprint density at radius 1 is 0.405 bits per heavy atom. The summed E-state index contributed by atoms with van der Waals surface area (Å²) in [5.41, 5.74) is 0. The maximum absolute atomic E-state index is 2.55. The van der Waals surface area contributed by atoms with Crippen molar-refractivity contribution in [3.8, 4) is 0 Å². The van der Waals surface area contributed by atoms with E-state index in [2.05, 4.69) is 98.8 Å². The molecule has 0 atom stereocenters. The molecule has 3 aliphatic rings. The van der Waals surface area contributed by atoms with Crippen LogP contribution in [-0.2, 0) is 0 Å². The summed E-state index contributed by atoms with van der Waals surface area (Å²) in [7, 11) is 2.19. The Morgan fingerprint density at radius 2 is 0.622 bits per heavy atom. The minimum absolute atomic E-state index is 0. The van der Waals surface area contributed by atoms with Crippen LogP contribution in [0.5, 0.6) is 0 Å². The van der Waals surface area contributed by atoms with E-state index in [1.165, 1.54) is 85.1 Å². The van der Waals surface area contributed by atoms with Crippen molar-refractivity contribution in [3.63, 3.8) is 0 Å². The van der Waals surface area contributed by atoms with E-state index in [1.54, 1.807) is 0 Å². The zero-order valence-corrected chi connectivity index (χ0v) is 24.2. The smallest absolute Gasteiger partial charge is 0.0113 e. The van der Waals surface area contributed by atoms with Gasteiger partial charge in [-0.3, -0.25) is 19.6 Å². The summed E-state index contributed by atoms with van der Waals surface area (Å²) in [6.07, 6.45) is 0. The standard InChI is InChI=1S/C10H22N2.C9H20N2.C8H18N2.4CH4/c1-9(2)11-5-7-12(8-6-11)10(3)4;1-4-10-5-7-11(8-6-10)9(2)3;1-8(2)10-6-4-9(3)5-7-10;;;;/h9-10H,5-8H2,1-4H3;9H,4-8H2,1-3H3;8H,4-7H2,1-3H3;4*1H4. The normalized spacial score (nSPS) is 20.6. The van der Waals surface area contributed by atoms with Crippen LogP contribution in [0.2, 0.25) is 0 Å². The number of piperazine rings is 3. The van der Waals surface area contributed by atoms with Crippen LogP contribution < -0.4 is 0 Å². The predicted octanol–water partition coefficient (Wildman–Crippen LogP) is 5.64. The van der Waals surface area contributed by atoms with E-state index < -0.39 is 0 Å². The Balaban J connectivity index is -0.000000210. The molecule has 0 aromatic carbocycles. The Hall–Kier alpha value is -0.240. The molecule has 230 valence electrons. The number of hydrogen-bond donors (Lipinski definition) is 0. The summed E-state index contributed by atoms with van der Waals surface area (Å²) >= 11 is 0. The van der Waals surface area contributed by atoms with E-state index in [1.807, 2.05) is 0 Å². The maximum atomic E-state index is 2.55. The molecule has 0 bridgehead atoms. The molecule has 0 saturated carbocycles. The summed E-state index contributed by atoms with van der Waals surface area (Å²) < 4.78 is 0. The van der Waals surface area contributed by atoms with Gasteiger partial charge in [0.1, 0.15) is 0 Å². The van der Waals surface area contributed by atoms with E-state index in [0.717, 1.165) is 24.2 Å². The van der Waals surface area contributed by atoms with Gasteiger partial charge in [0.15, 0.2) is 0 Å². The first-order valence-corrected chi connectivity index (χ1v) is 13.9. The van der Waals surface area contributed by atoms with Crippen molar-refractivity contribution >= 4 is 0 Å². The van der Waals surface area contributed by atoms with E-state index in [0.29, 0.717) is 0 Å². The van der Waals surface area contributed by atoms with E-state index in [-0.39, 0.29) is 29.7 Å². The van der Waals surface area contributed by atoms with Crippen molar-refractivity contribution in [2.75, 3.05) is 92.1 Å². The maximum Gasteiger partial charge on any atom is 0.0113 e. The molecule has 3 aliphatic heterocycles. The predicted molar refractivity (Wildman–Crippen MR) is 173 cm³/mol. The molecular formula is C31H76N6. The summed E-state index contributed by atoms with van der Waals surface area (Å²) in [6.45, 7) is 36.7. The highest BCUT2D eigenvalue weighted by molar-refractivity contribution is 4.76. The minimum atomic E-state index is 0. The van der Waals surface area contributed by atoms with Gasteiger partial charge in [-0.25, -0.2) is 0 Å². The van der Waals surface area contributed by atoms with Crippen molar-refractivity contribution in [2.45, 2.75) is 116 Å². The summed E-state index contributed by atoms with van der Waals surface area (Å²) in [5, 5.41) is 0. The van der Waals surface area contributed by atoms with Crippen LogP contribution in [0.3, 0.4) is 0 Å². The molecule has 3 heterocycles. The van der Waals surface area contributed by atoms with Crippen LogP contribution >= 0.6 is 0 Å². The molecule has 0 spiro atoms. The summed E-state index contributed by atoms with van der Waals surface area (Å²) in [5.74, 6) is 0. The lowest BCUT2D eigenvalue weighted by Gasteiger charge is -2.38. The minimum Gasteiger partial charge on any atom is -0.304 e. The van der Waals surface area contributed by atoms with E-state index in [4.69, 9.17) is 0 Å². The van der Waals surface area contributed by atoms with Gasteiger partial charge < -0.3 is 9.80 Å². The third-order valence-electron chi connectivity index (χ3n) is 7.66. The highest BCUT2D eigenvalue weighted by Crippen LogP contribution is 2.08. The molecular weight excluding hydrogens is 456 g/mol. The molecule has 6 nitrogen and oxygen atoms in total. The van der Waals surface area contributed by atoms with Gasteiger partial charge in [-0.15, -0.1) is 0 Å². The van der Waals surface area contributed by atoms with Crippen molar-refractivity contribution in [3.05, 3.63) is 0 Å². The van der Waals surface area contributed by atoms with Gasteiger partial charge in [0.05, 0.1) is 0 Å². The lowest BCUT2D eigenvalue weighted by molar-refractivity contribution is 0.0887. The largest absolute Gasteiger partial charge is 0.304 e. The fraction of sp³-hybridized carbons (Fsp3) is 1.00. The van der Waals surface area contributed by atoms with Crippen molar-refractivity contribution in [1.82, 2.24) is 29.4 Å². The first kappa shape index (κ1) is 43.8. The molecule has 0 N–H and O–H groups in total. The Bertz CT molecular complexity index is 442. The summed E-state index contributed by atoms with van der Waals surface area (Å²) in [6, 6.07) is 2.90. The fourth-order valence-electron chi connectivity index (χ4n) is 4.70. The average Bonchev–Trinajstić information content (AvgIpc) is 2.80. The van der Waals surface area contributed by atoms with Crippen molar-refractivity contribution < 1.29 is 0 Å². The third-order valence-corrected chi connectivity index (χ3v) is 7.66. The second kappa shape index (κ2) is 23.6. The molecule has 0 aromatic heterocycles. The first-order chi connectivity index (χ1) is 15.5. The lowest BCUT2D eigenvalue weighted by atomic mass is 10.2. The molecule has 3 fully saturated rings. The number of rotatable bonds is 5. The average molecular weight is 533 g/mol. The molecule has 0 amide bonds. The van der Waals surface area contributed by atoms with Crippen LogP contribution in [0.1, 0.15) is 92.0 Å². The molecule has 3 saturated heterocycles. The molecule has 3 rings (SSSR count). The van der Waals surface area contributed by atoms with Crippen LogP contribution in [0.15, 0.2) is 0 Å². The second-order valence-electron chi connectivity index (χ2n) is 11.3. The van der Waals surface area contributed by atoms with Gasteiger partial charge in [0.25, 0.3) is 0 Å². The lowest BCUT2D eigenvalue weighted by Crippen LogP contribution is -2.50. The van der Waals surface area contributed by atoms with Gasteiger partial charge in [-0.05, 0) is 69.0 Å². The topological polar surface area (TPSA) is 19.4 Å². The molecule has 0 radical (unpaired) electrons. The van der Waals surface area contributed by atoms with Gasteiger partial charge in [0, 0.05) is 103 Å².